The van der Waals surface area contributed by atoms with E-state index in [0.29, 0.717) is 12.2 Å². The zero-order valence-electron chi connectivity index (χ0n) is 12.8. The molecule has 0 saturated carbocycles. The molecule has 0 aromatic carbocycles. The van der Waals surface area contributed by atoms with Crippen LogP contribution >= 0.6 is 0 Å². The molecule has 1 fully saturated rings. The summed E-state index contributed by atoms with van der Waals surface area (Å²) in [4.78, 5) is 10.8. The predicted octanol–water partition coefficient (Wildman–Crippen LogP) is 1.44. The van der Waals surface area contributed by atoms with Crippen LogP contribution in [0.1, 0.15) is 32.5 Å². The molecule has 8 heteroatoms. The van der Waals surface area contributed by atoms with Gasteiger partial charge in [-0.05, 0) is 27.7 Å². The van der Waals surface area contributed by atoms with Crippen molar-refractivity contribution in [3.8, 4) is 5.88 Å². The largest absolute Gasteiger partial charge is 0.470 e. The average Bonchev–Trinajstić information content (AvgIpc) is 2.73. The van der Waals surface area contributed by atoms with Crippen molar-refractivity contribution in [1.82, 2.24) is 15.1 Å². The van der Waals surface area contributed by atoms with Crippen LogP contribution in [-0.2, 0) is 4.74 Å². The summed E-state index contributed by atoms with van der Waals surface area (Å²) >= 11 is 0. The number of nitrogens with zero attached hydrogens (tertiary/aromatic N) is 3. The molecule has 1 aromatic heterocycles. The summed E-state index contributed by atoms with van der Waals surface area (Å²) in [6.07, 6.45) is -0.0109. The Kier molecular flexibility index (Phi) is 4.79. The molecule has 1 N–H and O–H groups in total. The molecule has 1 aliphatic rings. The minimum atomic E-state index is -0.445. The molecule has 2 rings (SSSR count). The molecule has 0 bridgehead atoms. The van der Waals surface area contributed by atoms with Gasteiger partial charge in [-0.1, -0.05) is 0 Å². The number of hydrogen-bond acceptors (Lipinski definition) is 6. The Bertz CT molecular complexity index is 515. The highest BCUT2D eigenvalue weighted by Gasteiger charge is 2.29. The fraction of sp³-hybridized carbons (Fsp3) is 0.769. The fourth-order valence-electron chi connectivity index (χ4n) is 2.35. The molecule has 0 spiro atoms. The number of morpholine rings is 1. The van der Waals surface area contributed by atoms with Gasteiger partial charge in [0.15, 0.2) is 0 Å². The van der Waals surface area contributed by atoms with Gasteiger partial charge in [0, 0.05) is 13.1 Å². The average molecular weight is 298 g/mol. The van der Waals surface area contributed by atoms with Crippen LogP contribution in [0.25, 0.3) is 0 Å². The van der Waals surface area contributed by atoms with E-state index in [0.717, 1.165) is 6.54 Å². The van der Waals surface area contributed by atoms with Crippen molar-refractivity contribution in [3.05, 3.63) is 15.8 Å². The van der Waals surface area contributed by atoms with Gasteiger partial charge in [-0.2, -0.15) is 5.10 Å². The first-order valence-corrected chi connectivity index (χ1v) is 7.12. The lowest BCUT2D eigenvalue weighted by Crippen LogP contribution is -2.46. The molecule has 0 amide bonds. The van der Waals surface area contributed by atoms with Crippen LogP contribution in [0.4, 0.5) is 5.69 Å². The third kappa shape index (κ3) is 3.51. The van der Waals surface area contributed by atoms with Gasteiger partial charge in [0.1, 0.15) is 18.4 Å². The molecular formula is C13H22N4O4. The monoisotopic (exact) mass is 298 g/mol. The maximum Gasteiger partial charge on any atom is 0.353 e. The number of ether oxygens (including phenoxy) is 2. The normalized spacial score (nSPS) is 22.5. The standard InChI is InChI=1S/C13H22N4O4/c1-8(2)16-13(12(17(18)19)10(4)15-16)20-7-11-6-14-5-9(3)21-11/h8-9,11,14H,5-7H2,1-4H3. The van der Waals surface area contributed by atoms with Crippen molar-refractivity contribution < 1.29 is 14.4 Å². The Balaban J connectivity index is 2.16. The summed E-state index contributed by atoms with van der Waals surface area (Å²) in [6, 6.07) is -0.0169. The Hall–Kier alpha value is -1.67. The summed E-state index contributed by atoms with van der Waals surface area (Å²) in [5, 5.41) is 18.7. The second-order valence-electron chi connectivity index (χ2n) is 5.57. The van der Waals surface area contributed by atoms with Gasteiger partial charge >= 0.3 is 5.69 Å². The highest BCUT2D eigenvalue weighted by molar-refractivity contribution is 5.46. The maximum atomic E-state index is 11.2. The first-order valence-electron chi connectivity index (χ1n) is 7.12. The number of aromatic nitrogens is 2. The highest BCUT2D eigenvalue weighted by atomic mass is 16.6. The smallest absolute Gasteiger partial charge is 0.353 e. The Morgan fingerprint density at radius 3 is 2.86 bits per heavy atom. The van der Waals surface area contributed by atoms with Crippen LogP contribution in [0.15, 0.2) is 0 Å². The lowest BCUT2D eigenvalue weighted by molar-refractivity contribution is -0.386. The van der Waals surface area contributed by atoms with E-state index in [1.165, 1.54) is 0 Å². The second kappa shape index (κ2) is 6.40. The number of nitro groups is 1. The Morgan fingerprint density at radius 1 is 1.57 bits per heavy atom. The Labute approximate surface area is 123 Å². The molecule has 1 aromatic rings. The van der Waals surface area contributed by atoms with Crippen molar-refractivity contribution in [2.24, 2.45) is 0 Å². The van der Waals surface area contributed by atoms with Crippen molar-refractivity contribution in [3.63, 3.8) is 0 Å². The zero-order valence-corrected chi connectivity index (χ0v) is 12.8. The number of hydrogen-bond donors (Lipinski definition) is 1. The summed E-state index contributed by atoms with van der Waals surface area (Å²) in [6.45, 7) is 9.14. The highest BCUT2D eigenvalue weighted by Crippen LogP contribution is 2.33. The van der Waals surface area contributed by atoms with Crippen molar-refractivity contribution in [1.29, 1.82) is 0 Å². The van der Waals surface area contributed by atoms with Crippen LogP contribution < -0.4 is 10.1 Å². The summed E-state index contributed by atoms with van der Waals surface area (Å²) in [5.74, 6) is 0.203. The van der Waals surface area contributed by atoms with Gasteiger partial charge in [-0.15, -0.1) is 0 Å². The van der Waals surface area contributed by atoms with Crippen LogP contribution in [0.5, 0.6) is 5.88 Å². The summed E-state index contributed by atoms with van der Waals surface area (Å²) < 4.78 is 13.0. The minimum absolute atomic E-state index is 0.0169. The lowest BCUT2D eigenvalue weighted by atomic mass is 10.2. The zero-order chi connectivity index (χ0) is 15.6. The number of rotatable bonds is 5. The van der Waals surface area contributed by atoms with Gasteiger partial charge in [0.25, 0.3) is 5.88 Å². The topological polar surface area (TPSA) is 91.5 Å². The molecule has 2 atom stereocenters. The summed E-state index contributed by atoms with van der Waals surface area (Å²) in [7, 11) is 0. The van der Waals surface area contributed by atoms with E-state index in [1.54, 1.807) is 11.6 Å². The fourth-order valence-corrected chi connectivity index (χ4v) is 2.35. The Morgan fingerprint density at radius 2 is 2.29 bits per heavy atom. The lowest BCUT2D eigenvalue weighted by Gasteiger charge is -2.28. The second-order valence-corrected chi connectivity index (χ2v) is 5.57. The first-order chi connectivity index (χ1) is 9.90. The van der Waals surface area contributed by atoms with E-state index < -0.39 is 4.92 Å². The van der Waals surface area contributed by atoms with E-state index in [4.69, 9.17) is 9.47 Å². The third-order valence-electron chi connectivity index (χ3n) is 3.32. The van der Waals surface area contributed by atoms with Crippen molar-refractivity contribution in [2.75, 3.05) is 19.7 Å². The molecule has 1 aliphatic heterocycles. The van der Waals surface area contributed by atoms with Crippen LogP contribution in [0, 0.1) is 17.0 Å². The molecular weight excluding hydrogens is 276 g/mol. The van der Waals surface area contributed by atoms with Crippen molar-refractivity contribution >= 4 is 5.69 Å². The van der Waals surface area contributed by atoms with Gasteiger partial charge in [0.05, 0.1) is 17.1 Å². The van der Waals surface area contributed by atoms with E-state index in [1.807, 2.05) is 20.8 Å². The molecule has 118 valence electrons. The van der Waals surface area contributed by atoms with Gasteiger partial charge in [-0.3, -0.25) is 10.1 Å². The van der Waals surface area contributed by atoms with E-state index in [-0.39, 0.29) is 36.4 Å². The van der Waals surface area contributed by atoms with Crippen molar-refractivity contribution in [2.45, 2.75) is 45.9 Å². The molecule has 2 heterocycles. The molecule has 21 heavy (non-hydrogen) atoms. The number of nitrogens with one attached hydrogen (secondary N) is 1. The first kappa shape index (κ1) is 15.7. The number of aryl methyl sites for hydroxylation is 1. The minimum Gasteiger partial charge on any atom is -0.470 e. The predicted molar refractivity (Wildman–Crippen MR) is 76.7 cm³/mol. The molecule has 0 radical (unpaired) electrons. The van der Waals surface area contributed by atoms with E-state index in [9.17, 15) is 10.1 Å². The molecule has 1 saturated heterocycles. The third-order valence-corrected chi connectivity index (χ3v) is 3.32. The summed E-state index contributed by atoms with van der Waals surface area (Å²) in [5.41, 5.74) is 0.292. The van der Waals surface area contributed by atoms with Crippen LogP contribution in [-0.4, -0.2) is 46.6 Å². The van der Waals surface area contributed by atoms with Gasteiger partial charge < -0.3 is 14.8 Å². The van der Waals surface area contributed by atoms with Crippen LogP contribution in [0.3, 0.4) is 0 Å². The SMILES string of the molecule is Cc1nn(C(C)C)c(OCC2CNCC(C)O2)c1[N+](=O)[O-]. The molecule has 8 nitrogen and oxygen atoms in total. The van der Waals surface area contributed by atoms with Gasteiger partial charge in [0.2, 0.25) is 0 Å². The molecule has 2 unspecified atom stereocenters. The molecule has 0 aliphatic carbocycles. The quantitative estimate of drug-likeness (QED) is 0.653. The van der Waals surface area contributed by atoms with Crippen LogP contribution in [0.2, 0.25) is 0 Å². The maximum absolute atomic E-state index is 11.2. The van der Waals surface area contributed by atoms with Gasteiger partial charge in [-0.25, -0.2) is 4.68 Å². The van der Waals surface area contributed by atoms with E-state index >= 15 is 0 Å². The van der Waals surface area contributed by atoms with E-state index in [2.05, 4.69) is 10.4 Å².